The molecule has 1 atom stereocenters. The van der Waals surface area contributed by atoms with E-state index in [1.807, 2.05) is 0 Å². The van der Waals surface area contributed by atoms with Gasteiger partial charge in [0.15, 0.2) is 6.10 Å². The second-order valence-corrected chi connectivity index (χ2v) is 8.13. The quantitative estimate of drug-likeness (QED) is 0.766. The van der Waals surface area contributed by atoms with Crippen molar-refractivity contribution in [3.63, 3.8) is 0 Å². The summed E-state index contributed by atoms with van der Waals surface area (Å²) in [7, 11) is -2.59. The first kappa shape index (κ1) is 16.0. The minimum absolute atomic E-state index is 0.0558. The zero-order valence-electron chi connectivity index (χ0n) is 10.3. The number of hydrogen-bond acceptors (Lipinski definition) is 6. The number of morpholine rings is 1. The van der Waals surface area contributed by atoms with Crippen molar-refractivity contribution in [1.29, 1.82) is 0 Å². The van der Waals surface area contributed by atoms with Gasteiger partial charge in [0.1, 0.15) is 9.23 Å². The van der Waals surface area contributed by atoms with E-state index >= 15 is 0 Å². The third kappa shape index (κ3) is 3.10. The van der Waals surface area contributed by atoms with E-state index in [2.05, 4.69) is 4.74 Å². The van der Waals surface area contributed by atoms with Crippen molar-refractivity contribution in [3.05, 3.63) is 14.7 Å². The average molecular weight is 360 g/mol. The maximum Gasteiger partial charge on any atom is 0.336 e. The molecule has 0 bridgehead atoms. The molecule has 20 heavy (non-hydrogen) atoms. The molecule has 1 unspecified atom stereocenters. The molecule has 0 radical (unpaired) electrons. The van der Waals surface area contributed by atoms with E-state index in [4.69, 9.17) is 27.9 Å². The van der Waals surface area contributed by atoms with Crippen molar-refractivity contribution < 1.29 is 22.7 Å². The van der Waals surface area contributed by atoms with Gasteiger partial charge < -0.3 is 9.47 Å². The van der Waals surface area contributed by atoms with Gasteiger partial charge in [0.05, 0.1) is 24.6 Å². The first-order valence-corrected chi connectivity index (χ1v) is 8.52. The first-order valence-electron chi connectivity index (χ1n) is 5.50. The van der Waals surface area contributed by atoms with Crippen LogP contribution >= 0.6 is 34.5 Å². The minimum atomic E-state index is -3.81. The lowest BCUT2D eigenvalue weighted by molar-refractivity contribution is -0.157. The fourth-order valence-corrected chi connectivity index (χ4v) is 5.30. The Balaban J connectivity index is 2.26. The number of thiophene rings is 1. The van der Waals surface area contributed by atoms with E-state index in [9.17, 15) is 13.2 Å². The third-order valence-corrected chi connectivity index (χ3v) is 6.35. The van der Waals surface area contributed by atoms with E-state index in [-0.39, 0.29) is 33.3 Å². The Morgan fingerprint density at radius 3 is 2.80 bits per heavy atom. The number of methoxy groups -OCH3 is 1. The normalized spacial score (nSPS) is 20.9. The fraction of sp³-hybridized carbons (Fsp3) is 0.500. The van der Waals surface area contributed by atoms with Gasteiger partial charge in [0.25, 0.3) is 0 Å². The van der Waals surface area contributed by atoms with Crippen molar-refractivity contribution in [3.8, 4) is 0 Å². The van der Waals surface area contributed by atoms with Crippen LogP contribution in [0.4, 0.5) is 0 Å². The van der Waals surface area contributed by atoms with Crippen LogP contribution in [0.1, 0.15) is 0 Å². The molecule has 112 valence electrons. The smallest absolute Gasteiger partial charge is 0.336 e. The molecule has 1 saturated heterocycles. The number of sulfonamides is 1. The number of esters is 1. The highest BCUT2D eigenvalue weighted by atomic mass is 35.5. The van der Waals surface area contributed by atoms with Crippen molar-refractivity contribution >= 4 is 50.5 Å². The maximum absolute atomic E-state index is 12.5. The van der Waals surface area contributed by atoms with Crippen LogP contribution in [-0.2, 0) is 24.3 Å². The highest BCUT2D eigenvalue weighted by molar-refractivity contribution is 7.89. The van der Waals surface area contributed by atoms with Gasteiger partial charge >= 0.3 is 5.97 Å². The van der Waals surface area contributed by atoms with Gasteiger partial charge in [-0.1, -0.05) is 23.2 Å². The third-order valence-electron chi connectivity index (χ3n) is 2.74. The predicted molar refractivity (Wildman–Crippen MR) is 74.9 cm³/mol. The van der Waals surface area contributed by atoms with Crippen LogP contribution in [0.3, 0.4) is 0 Å². The first-order chi connectivity index (χ1) is 9.36. The summed E-state index contributed by atoms with van der Waals surface area (Å²) in [5, 5.41) is 0. The average Bonchev–Trinajstić information content (AvgIpc) is 2.77. The van der Waals surface area contributed by atoms with E-state index in [1.54, 1.807) is 0 Å². The fourth-order valence-electron chi connectivity index (χ4n) is 1.76. The van der Waals surface area contributed by atoms with Gasteiger partial charge in [0, 0.05) is 6.54 Å². The summed E-state index contributed by atoms with van der Waals surface area (Å²) in [4.78, 5) is 11.4. The summed E-state index contributed by atoms with van der Waals surface area (Å²) in [5.74, 6) is -0.612. The number of nitrogens with zero attached hydrogens (tertiary/aromatic N) is 1. The van der Waals surface area contributed by atoms with E-state index in [0.717, 1.165) is 15.6 Å². The Kier molecular flexibility index (Phi) is 4.93. The Hall–Kier alpha value is -0.380. The number of carbonyl (C=O) groups excluding carboxylic acids is 1. The predicted octanol–water partition coefficient (Wildman–Crippen LogP) is 1.62. The number of ether oxygens (including phenoxy) is 2. The number of hydrogen-bond donors (Lipinski definition) is 0. The molecule has 1 aromatic heterocycles. The summed E-state index contributed by atoms with van der Waals surface area (Å²) in [6.45, 7) is 0.132. The number of carbonyl (C=O) groups is 1. The van der Waals surface area contributed by atoms with Crippen molar-refractivity contribution in [2.24, 2.45) is 0 Å². The molecular weight excluding hydrogens is 349 g/mol. The molecule has 1 fully saturated rings. The Labute approximate surface area is 130 Å². The summed E-state index contributed by atoms with van der Waals surface area (Å²) < 4.78 is 36.2. The molecule has 1 aromatic rings. The summed E-state index contributed by atoms with van der Waals surface area (Å²) in [6.07, 6.45) is -0.934. The second-order valence-electron chi connectivity index (χ2n) is 3.93. The van der Waals surface area contributed by atoms with Crippen LogP contribution in [0.25, 0.3) is 0 Å². The standard InChI is InChI=1S/C10H11Cl2NO5S2/c1-17-10(14)6-5-13(2-3-18-6)20(15,16)7-4-8(11)19-9(7)12/h4,6H,2-3,5H2,1H3. The van der Waals surface area contributed by atoms with Crippen LogP contribution in [0.5, 0.6) is 0 Å². The highest BCUT2D eigenvalue weighted by Crippen LogP contribution is 2.36. The summed E-state index contributed by atoms with van der Waals surface area (Å²) in [5.41, 5.74) is 0. The molecule has 0 spiro atoms. The molecule has 2 rings (SSSR count). The Morgan fingerprint density at radius 2 is 2.25 bits per heavy atom. The Morgan fingerprint density at radius 1 is 1.55 bits per heavy atom. The van der Waals surface area contributed by atoms with E-state index < -0.39 is 22.1 Å². The van der Waals surface area contributed by atoms with Crippen LogP contribution in [0.2, 0.25) is 8.67 Å². The van der Waals surface area contributed by atoms with E-state index in [1.165, 1.54) is 13.2 Å². The van der Waals surface area contributed by atoms with E-state index in [0.29, 0.717) is 0 Å². The van der Waals surface area contributed by atoms with Crippen molar-refractivity contribution in [2.75, 3.05) is 26.8 Å². The Bertz CT molecular complexity index is 615. The molecule has 1 aliphatic heterocycles. The molecule has 0 aliphatic carbocycles. The lowest BCUT2D eigenvalue weighted by atomic mass is 10.3. The van der Waals surface area contributed by atoms with Gasteiger partial charge in [-0.05, 0) is 6.07 Å². The molecule has 0 N–H and O–H groups in total. The maximum atomic E-state index is 12.5. The topological polar surface area (TPSA) is 72.9 Å². The van der Waals surface area contributed by atoms with Crippen LogP contribution in [0.15, 0.2) is 11.0 Å². The summed E-state index contributed by atoms with van der Waals surface area (Å²) >= 11 is 12.6. The summed E-state index contributed by atoms with van der Waals surface area (Å²) in [6, 6.07) is 1.30. The number of rotatable bonds is 3. The monoisotopic (exact) mass is 359 g/mol. The van der Waals surface area contributed by atoms with Gasteiger partial charge in [-0.3, -0.25) is 0 Å². The van der Waals surface area contributed by atoms with Crippen LogP contribution in [-0.4, -0.2) is 51.6 Å². The van der Waals surface area contributed by atoms with Crippen molar-refractivity contribution in [2.45, 2.75) is 11.0 Å². The lowest BCUT2D eigenvalue weighted by Crippen LogP contribution is -2.48. The molecular formula is C10H11Cl2NO5S2. The van der Waals surface area contributed by atoms with Gasteiger partial charge in [-0.25, -0.2) is 13.2 Å². The lowest BCUT2D eigenvalue weighted by Gasteiger charge is -2.30. The molecule has 0 saturated carbocycles. The molecule has 1 aliphatic rings. The second kappa shape index (κ2) is 6.17. The number of halogens is 2. The highest BCUT2D eigenvalue weighted by Gasteiger charge is 2.36. The molecule has 0 amide bonds. The van der Waals surface area contributed by atoms with Gasteiger partial charge in [-0.2, -0.15) is 4.31 Å². The van der Waals surface area contributed by atoms with Crippen LogP contribution < -0.4 is 0 Å². The molecule has 2 heterocycles. The van der Waals surface area contributed by atoms with Gasteiger partial charge in [0.2, 0.25) is 10.0 Å². The largest absolute Gasteiger partial charge is 0.467 e. The molecule has 0 aromatic carbocycles. The molecule has 10 heteroatoms. The minimum Gasteiger partial charge on any atom is -0.467 e. The molecule has 6 nitrogen and oxygen atoms in total. The van der Waals surface area contributed by atoms with Gasteiger partial charge in [-0.15, -0.1) is 11.3 Å². The van der Waals surface area contributed by atoms with Crippen LogP contribution in [0, 0.1) is 0 Å². The zero-order valence-corrected chi connectivity index (χ0v) is 13.5. The van der Waals surface area contributed by atoms with Crippen molar-refractivity contribution in [1.82, 2.24) is 4.31 Å². The zero-order chi connectivity index (χ0) is 14.9. The SMILES string of the molecule is COC(=O)C1CN(S(=O)(=O)c2cc(Cl)sc2Cl)CCO1.